The maximum Gasteiger partial charge on any atom is 0.864 e. The Kier molecular flexibility index (Phi) is 23.3. The average Bonchev–Trinajstić information content (AvgIpc) is 3.29. The number of benzene rings is 3. The van der Waals surface area contributed by atoms with Crippen molar-refractivity contribution in [2.24, 2.45) is 0 Å². The van der Waals surface area contributed by atoms with Gasteiger partial charge in [0.1, 0.15) is 17.2 Å². The molecule has 3 aromatic carbocycles. The molecule has 0 aromatic heterocycles. The summed E-state index contributed by atoms with van der Waals surface area (Å²) >= 11 is 0. The van der Waals surface area contributed by atoms with E-state index in [2.05, 4.69) is 0 Å². The molecule has 0 amide bonds. The molecule has 6 nitrogen and oxygen atoms in total. The second-order valence-corrected chi connectivity index (χ2v) is 17.9. The van der Waals surface area contributed by atoms with Gasteiger partial charge in [0, 0.05) is 12.8 Å². The molecule has 0 aliphatic carbocycles. The van der Waals surface area contributed by atoms with E-state index < -0.39 is 142 Å². The lowest BCUT2D eigenvalue weighted by molar-refractivity contribution is -1.05. The van der Waals surface area contributed by atoms with Gasteiger partial charge in [0.25, 0.3) is 0 Å². The van der Waals surface area contributed by atoms with E-state index in [0.717, 1.165) is 38.5 Å². The van der Waals surface area contributed by atoms with Gasteiger partial charge < -0.3 is 23.4 Å². The highest BCUT2D eigenvalue weighted by Gasteiger charge is 2.61. The van der Waals surface area contributed by atoms with Gasteiger partial charge in [0.15, 0.2) is 6.23 Å². The van der Waals surface area contributed by atoms with Gasteiger partial charge in [-0.3, -0.25) is 4.48 Å². The second-order valence-electron chi connectivity index (χ2n) is 17.9. The smallest absolute Gasteiger partial charge is 0.490 e. The van der Waals surface area contributed by atoms with E-state index in [9.17, 15) is 65.9 Å². The number of halogens is 18. The summed E-state index contributed by atoms with van der Waals surface area (Å²) in [6.45, 7) is 9.19. The van der Waals surface area contributed by atoms with Crippen LogP contribution in [0, 0.1) is 0 Å². The number of hydrogen-bond donors (Lipinski definition) is 0. The minimum Gasteiger partial charge on any atom is -0.490 e. The van der Waals surface area contributed by atoms with Crippen LogP contribution in [-0.4, -0.2) is 44.3 Å². The highest BCUT2D eigenvalue weighted by molar-refractivity contribution is 6.39. The monoisotopic (exact) mass is 1110 g/mol. The predicted molar refractivity (Wildman–Crippen MR) is 243 cm³/mol. The third-order valence-corrected chi connectivity index (χ3v) is 12.6. The molecule has 3 aromatic rings. The fourth-order valence-electron chi connectivity index (χ4n) is 9.29. The maximum absolute atomic E-state index is 16.0. The van der Waals surface area contributed by atoms with Crippen LogP contribution in [0.1, 0.15) is 170 Å². The maximum atomic E-state index is 16.0. The summed E-state index contributed by atoms with van der Waals surface area (Å²) in [6.07, 6.45) is -27.9. The number of nitrogens with zero attached hydrogens (tertiary/aromatic N) is 1. The molecule has 0 heterocycles. The van der Waals surface area contributed by atoms with E-state index in [1.807, 2.05) is 13.8 Å². The number of unbranched alkanes of at least 4 members (excludes halogenated alkanes) is 10. The molecule has 0 fully saturated rings. The van der Waals surface area contributed by atoms with Gasteiger partial charge in [-0.2, -0.15) is 79.0 Å². The molecule has 2 unspecified atom stereocenters. The van der Waals surface area contributed by atoms with Gasteiger partial charge in [0.2, 0.25) is 5.72 Å². The van der Waals surface area contributed by atoms with Gasteiger partial charge in [-0.25, -0.2) is 0 Å². The Morgan fingerprint density at radius 2 is 0.800 bits per heavy atom. The zero-order chi connectivity index (χ0) is 56.8. The van der Waals surface area contributed by atoms with Crippen molar-refractivity contribution in [3.63, 3.8) is 0 Å². The largest absolute Gasteiger partial charge is 0.864 e. The molecule has 0 saturated carbocycles. The lowest BCUT2D eigenvalue weighted by Gasteiger charge is -2.56. The standard InChI is InChI=1S/C50H63BF18NO5/c1-7-13-15-17-19-21-23-70(42(9-3)71-11-5,24-22-20-18-16-14-8-2)44(10-4,72-12-6)43-40(50(67,68)69)31-37(49(64,65)66)32-41(43)75-51(73-38-27-33(45(52,53)54)25-34(28-38)46(55,56)57)74-39-29-35(47(58,59)60)26-36(30-39)48(61,62)63/h25-32,42H,7-24H2,1-6H3/q+1. The summed E-state index contributed by atoms with van der Waals surface area (Å²) in [5.41, 5.74) is -16.5. The third kappa shape index (κ3) is 17.6. The first-order valence-electron chi connectivity index (χ1n) is 24.7. The van der Waals surface area contributed by atoms with E-state index in [0.29, 0.717) is 25.7 Å². The molecule has 0 saturated heterocycles. The van der Waals surface area contributed by atoms with E-state index >= 15 is 13.2 Å². The van der Waals surface area contributed by atoms with Crippen molar-refractivity contribution in [2.45, 2.75) is 180 Å². The van der Waals surface area contributed by atoms with Gasteiger partial charge in [-0.05, 0) is 88.1 Å². The third-order valence-electron chi connectivity index (χ3n) is 12.6. The Labute approximate surface area is 425 Å². The second kappa shape index (κ2) is 26.9. The van der Waals surface area contributed by atoms with Crippen molar-refractivity contribution in [3.8, 4) is 17.2 Å². The summed E-state index contributed by atoms with van der Waals surface area (Å²) in [5.74, 6) is -4.80. The first-order valence-corrected chi connectivity index (χ1v) is 24.7. The Morgan fingerprint density at radius 1 is 0.427 bits per heavy atom. The summed E-state index contributed by atoms with van der Waals surface area (Å²) in [6, 6.07) is -1.70. The van der Waals surface area contributed by atoms with Gasteiger partial charge in [-0.1, -0.05) is 79.1 Å². The first-order chi connectivity index (χ1) is 34.7. The lowest BCUT2D eigenvalue weighted by atomic mass is 9.85. The first kappa shape index (κ1) is 65.0. The van der Waals surface area contributed by atoms with Crippen LogP contribution in [-0.2, 0) is 52.3 Å². The summed E-state index contributed by atoms with van der Waals surface area (Å²) in [7, 11) is -3.38. The van der Waals surface area contributed by atoms with Crippen LogP contribution in [0.5, 0.6) is 17.2 Å². The molecule has 3 rings (SSSR count). The van der Waals surface area contributed by atoms with Crippen molar-refractivity contribution in [1.82, 2.24) is 0 Å². The Morgan fingerprint density at radius 3 is 1.12 bits per heavy atom. The summed E-state index contributed by atoms with van der Waals surface area (Å²) in [5, 5.41) is 0. The number of quaternary nitrogens is 1. The van der Waals surface area contributed by atoms with Crippen LogP contribution in [0.15, 0.2) is 48.5 Å². The topological polar surface area (TPSA) is 46.2 Å². The van der Waals surface area contributed by atoms with E-state index in [1.54, 1.807) is 13.8 Å². The molecule has 2 atom stereocenters. The molecule has 0 aliphatic rings. The lowest BCUT2D eigenvalue weighted by Crippen LogP contribution is -2.70. The Balaban J connectivity index is 2.71. The van der Waals surface area contributed by atoms with Crippen LogP contribution in [0.3, 0.4) is 0 Å². The van der Waals surface area contributed by atoms with Gasteiger partial charge in [0.05, 0.1) is 65.2 Å². The normalized spacial score (nSPS) is 14.5. The van der Waals surface area contributed by atoms with Gasteiger partial charge >= 0.3 is 44.4 Å². The minimum atomic E-state index is -5.81. The number of hydrogen-bond acceptors (Lipinski definition) is 5. The highest BCUT2D eigenvalue weighted by atomic mass is 19.4. The molecular formula is C50H63BF18NO5+. The quantitative estimate of drug-likeness (QED) is 0.0228. The van der Waals surface area contributed by atoms with Crippen LogP contribution < -0.4 is 14.0 Å². The molecule has 0 radical (unpaired) electrons. The van der Waals surface area contributed by atoms with Crippen molar-refractivity contribution < 1.29 is 107 Å². The predicted octanol–water partition coefficient (Wildman–Crippen LogP) is 18.2. The summed E-state index contributed by atoms with van der Waals surface area (Å²) < 4.78 is 291. The van der Waals surface area contributed by atoms with Crippen molar-refractivity contribution in [1.29, 1.82) is 0 Å². The zero-order valence-corrected chi connectivity index (χ0v) is 42.3. The Bertz CT molecular complexity index is 2070. The van der Waals surface area contributed by atoms with E-state index in [-0.39, 0.29) is 75.4 Å². The zero-order valence-electron chi connectivity index (χ0n) is 42.3. The molecule has 0 N–H and O–H groups in total. The molecule has 25 heteroatoms. The van der Waals surface area contributed by atoms with Gasteiger partial charge in [-0.15, -0.1) is 0 Å². The molecule has 0 aliphatic heterocycles. The minimum absolute atomic E-state index is 0.0277. The SMILES string of the molecule is CCCCCCCC[N+](CCCCCCCC)(C(CC)OCC)C(CC)(OCC)c1c(OB(Oc2cc(C(F)(F)F)cc(C(F)(F)F)c2)Oc2cc(C(F)(F)F)cc(C(F)(F)F)c2)cc(C(F)(F)F)cc1C(F)(F)F. The summed E-state index contributed by atoms with van der Waals surface area (Å²) in [4.78, 5) is 0. The fraction of sp³-hybridized carbons (Fsp3) is 0.640. The number of alkyl halides is 18. The van der Waals surface area contributed by atoms with Crippen LogP contribution in [0.2, 0.25) is 0 Å². The van der Waals surface area contributed by atoms with E-state index in [4.69, 9.17) is 23.4 Å². The molecule has 426 valence electrons. The van der Waals surface area contributed by atoms with Crippen LogP contribution in [0.4, 0.5) is 79.0 Å². The Hall–Kier alpha value is -4.26. The van der Waals surface area contributed by atoms with Crippen LogP contribution in [0.25, 0.3) is 0 Å². The average molecular weight is 1110 g/mol. The van der Waals surface area contributed by atoms with Crippen molar-refractivity contribution >= 4 is 7.32 Å². The molecule has 0 bridgehead atoms. The van der Waals surface area contributed by atoms with Crippen molar-refractivity contribution in [3.05, 3.63) is 87.5 Å². The van der Waals surface area contributed by atoms with Crippen LogP contribution >= 0.6 is 0 Å². The number of ether oxygens (including phenoxy) is 2. The number of rotatable bonds is 29. The molecular weight excluding hydrogens is 1050 g/mol. The fourth-order valence-corrected chi connectivity index (χ4v) is 9.29. The van der Waals surface area contributed by atoms with Crippen molar-refractivity contribution in [2.75, 3.05) is 26.3 Å². The highest BCUT2D eigenvalue weighted by Crippen LogP contribution is 2.54. The molecule has 75 heavy (non-hydrogen) atoms. The van der Waals surface area contributed by atoms with E-state index in [1.165, 1.54) is 13.8 Å². The molecule has 0 spiro atoms.